The highest BCUT2D eigenvalue weighted by molar-refractivity contribution is 5.76. The van der Waals surface area contributed by atoms with Crippen molar-refractivity contribution >= 4 is 11.6 Å². The largest absolute Gasteiger partial charge is 0.388 e. The molecule has 7 nitrogen and oxygen atoms in total. The first-order chi connectivity index (χ1) is 12.0. The zero-order chi connectivity index (χ0) is 18.0. The molecule has 0 radical (unpaired) electrons. The van der Waals surface area contributed by atoms with E-state index in [2.05, 4.69) is 15.4 Å². The third-order valence-electron chi connectivity index (χ3n) is 4.23. The van der Waals surface area contributed by atoms with Gasteiger partial charge >= 0.3 is 0 Å². The highest BCUT2D eigenvalue weighted by Crippen LogP contribution is 2.16. The average Bonchev–Trinajstić information content (AvgIpc) is 2.96. The molecule has 0 fully saturated rings. The lowest BCUT2D eigenvalue weighted by Gasteiger charge is -2.14. The fraction of sp³-hybridized carbons (Fsp3) is 0.278. The molecule has 3 rings (SSSR count). The Hall–Kier alpha value is -2.93. The Labute approximate surface area is 144 Å². The minimum Gasteiger partial charge on any atom is -0.388 e. The maximum absolute atomic E-state index is 12.1. The molecule has 0 saturated carbocycles. The summed E-state index contributed by atoms with van der Waals surface area (Å²) in [5.41, 5.74) is 3.44. The van der Waals surface area contributed by atoms with Crippen molar-refractivity contribution in [3.63, 3.8) is 0 Å². The highest BCUT2D eigenvalue weighted by atomic mass is 16.3. The predicted molar refractivity (Wildman–Crippen MR) is 93.2 cm³/mol. The molecule has 7 heteroatoms. The van der Waals surface area contributed by atoms with E-state index in [9.17, 15) is 14.7 Å². The molecular weight excluding hydrogens is 320 g/mol. The number of carbonyl (C=O) groups excluding carboxylic acids is 1. The van der Waals surface area contributed by atoms with Crippen molar-refractivity contribution in [2.24, 2.45) is 0 Å². The molecule has 0 aliphatic carbocycles. The first-order valence-corrected chi connectivity index (χ1v) is 8.03. The topological polar surface area (TPSA) is 99.5 Å². The number of fused-ring (bicyclic) bond motifs is 1. The van der Waals surface area contributed by atoms with Crippen LogP contribution < -0.4 is 10.9 Å². The van der Waals surface area contributed by atoms with Gasteiger partial charge in [-0.3, -0.25) is 14.7 Å². The first kappa shape index (κ1) is 16.9. The van der Waals surface area contributed by atoms with Crippen LogP contribution >= 0.6 is 0 Å². The van der Waals surface area contributed by atoms with E-state index in [0.29, 0.717) is 11.2 Å². The number of aromatic nitrogens is 3. The Morgan fingerprint density at radius 2 is 2.04 bits per heavy atom. The van der Waals surface area contributed by atoms with Gasteiger partial charge in [0.2, 0.25) is 5.91 Å². The molecule has 2 heterocycles. The van der Waals surface area contributed by atoms with Gasteiger partial charge < -0.3 is 10.4 Å². The second-order valence-electron chi connectivity index (χ2n) is 5.98. The number of hydrogen-bond acceptors (Lipinski definition) is 4. The van der Waals surface area contributed by atoms with Crippen LogP contribution in [0, 0.1) is 13.8 Å². The molecule has 0 aliphatic heterocycles. The minimum atomic E-state index is -0.843. The Kier molecular flexibility index (Phi) is 4.67. The normalized spacial score (nSPS) is 12.3. The molecule has 3 aromatic rings. The summed E-state index contributed by atoms with van der Waals surface area (Å²) < 4.78 is 1.61. The molecular formula is C18H20N4O3. The van der Waals surface area contributed by atoms with Crippen molar-refractivity contribution in [2.45, 2.75) is 32.9 Å². The zero-order valence-electron chi connectivity index (χ0n) is 14.1. The van der Waals surface area contributed by atoms with Gasteiger partial charge in [0.05, 0.1) is 12.5 Å². The third-order valence-corrected chi connectivity index (χ3v) is 4.23. The summed E-state index contributed by atoms with van der Waals surface area (Å²) in [4.78, 5) is 28.0. The molecule has 25 heavy (non-hydrogen) atoms. The van der Waals surface area contributed by atoms with E-state index in [1.165, 1.54) is 6.07 Å². The minimum absolute atomic E-state index is 0.0157. The van der Waals surface area contributed by atoms with Crippen LogP contribution in [0.15, 0.2) is 41.2 Å². The van der Waals surface area contributed by atoms with Gasteiger partial charge in [-0.2, -0.15) is 0 Å². The van der Waals surface area contributed by atoms with Gasteiger partial charge in [0.1, 0.15) is 0 Å². The Bertz CT molecular complexity index is 960. The highest BCUT2D eigenvalue weighted by Gasteiger charge is 2.15. The van der Waals surface area contributed by atoms with Crippen LogP contribution in [0.3, 0.4) is 0 Å². The Morgan fingerprint density at radius 1 is 1.32 bits per heavy atom. The van der Waals surface area contributed by atoms with Gasteiger partial charge in [-0.05, 0) is 19.4 Å². The van der Waals surface area contributed by atoms with Crippen molar-refractivity contribution in [2.75, 3.05) is 0 Å². The summed E-state index contributed by atoms with van der Waals surface area (Å²) in [6.07, 6.45) is -0.859. The summed E-state index contributed by atoms with van der Waals surface area (Å²) in [5, 5.41) is 15.6. The van der Waals surface area contributed by atoms with E-state index >= 15 is 0 Å². The fourth-order valence-electron chi connectivity index (χ4n) is 2.84. The number of aromatic amines is 1. The standard InChI is InChI=1S/C18H20N4O3/c1-11-14(12(2)22-16(20-11)9-18(25)21-22)10-19-17(24)8-15(23)13-6-4-3-5-7-13/h3-7,9,15,23H,8,10H2,1-2H3,(H,19,24)(H,21,25). The van der Waals surface area contributed by atoms with Crippen molar-refractivity contribution in [3.05, 3.63) is 69.3 Å². The molecule has 1 aromatic carbocycles. The Morgan fingerprint density at radius 3 is 2.76 bits per heavy atom. The zero-order valence-corrected chi connectivity index (χ0v) is 14.1. The monoisotopic (exact) mass is 340 g/mol. The van der Waals surface area contributed by atoms with Crippen LogP contribution in [0.2, 0.25) is 0 Å². The van der Waals surface area contributed by atoms with Gasteiger partial charge in [-0.15, -0.1) is 0 Å². The molecule has 1 unspecified atom stereocenters. The number of nitrogens with zero attached hydrogens (tertiary/aromatic N) is 2. The molecule has 0 saturated heterocycles. The van der Waals surface area contributed by atoms with Gasteiger partial charge in [0.25, 0.3) is 5.56 Å². The van der Waals surface area contributed by atoms with Gasteiger partial charge in [0, 0.05) is 29.6 Å². The Balaban J connectivity index is 1.70. The number of amides is 1. The smallest absolute Gasteiger partial charge is 0.266 e. The van der Waals surface area contributed by atoms with E-state index in [-0.39, 0.29) is 24.4 Å². The fourth-order valence-corrected chi connectivity index (χ4v) is 2.84. The number of aliphatic hydroxyl groups is 1. The number of carbonyl (C=O) groups is 1. The lowest BCUT2D eigenvalue weighted by molar-refractivity contribution is -0.123. The lowest BCUT2D eigenvalue weighted by Crippen LogP contribution is -2.26. The summed E-state index contributed by atoms with van der Waals surface area (Å²) in [6, 6.07) is 10.5. The van der Waals surface area contributed by atoms with E-state index in [1.54, 1.807) is 16.6 Å². The predicted octanol–water partition coefficient (Wildman–Crippen LogP) is 1.38. The van der Waals surface area contributed by atoms with E-state index in [1.807, 2.05) is 32.0 Å². The number of benzene rings is 1. The molecule has 0 bridgehead atoms. The summed E-state index contributed by atoms with van der Waals surface area (Å²) >= 11 is 0. The van der Waals surface area contributed by atoms with E-state index < -0.39 is 6.10 Å². The first-order valence-electron chi connectivity index (χ1n) is 8.03. The maximum atomic E-state index is 12.1. The second-order valence-corrected chi connectivity index (χ2v) is 5.98. The summed E-state index contributed by atoms with van der Waals surface area (Å²) in [6.45, 7) is 3.98. The lowest BCUT2D eigenvalue weighted by atomic mass is 10.1. The SMILES string of the molecule is Cc1nc2cc(=O)[nH]n2c(C)c1CNC(=O)CC(O)c1ccccc1. The van der Waals surface area contributed by atoms with Crippen LogP contribution in [0.25, 0.3) is 5.65 Å². The quantitative estimate of drug-likeness (QED) is 0.653. The molecule has 1 atom stereocenters. The maximum Gasteiger partial charge on any atom is 0.266 e. The number of H-pyrrole nitrogens is 1. The number of aliphatic hydroxyl groups excluding tert-OH is 1. The molecule has 3 N–H and O–H groups in total. The molecule has 2 aromatic heterocycles. The van der Waals surface area contributed by atoms with E-state index in [4.69, 9.17) is 0 Å². The molecule has 0 aliphatic rings. The van der Waals surface area contributed by atoms with E-state index in [0.717, 1.165) is 17.0 Å². The van der Waals surface area contributed by atoms with Crippen molar-refractivity contribution in [1.82, 2.24) is 19.9 Å². The van der Waals surface area contributed by atoms with Crippen LogP contribution in [0.1, 0.15) is 35.0 Å². The number of rotatable bonds is 5. The van der Waals surface area contributed by atoms with Crippen LogP contribution in [0.5, 0.6) is 0 Å². The summed E-state index contributed by atoms with van der Waals surface area (Å²) in [7, 11) is 0. The van der Waals surface area contributed by atoms with Crippen molar-refractivity contribution < 1.29 is 9.90 Å². The number of aryl methyl sites for hydroxylation is 2. The average molecular weight is 340 g/mol. The van der Waals surface area contributed by atoms with Crippen molar-refractivity contribution in [1.29, 1.82) is 0 Å². The second kappa shape index (κ2) is 6.90. The molecule has 1 amide bonds. The molecule has 0 spiro atoms. The number of hydrogen-bond donors (Lipinski definition) is 3. The summed E-state index contributed by atoms with van der Waals surface area (Å²) in [5.74, 6) is -0.253. The molecule has 130 valence electrons. The van der Waals surface area contributed by atoms with Gasteiger partial charge in [-0.1, -0.05) is 30.3 Å². The van der Waals surface area contributed by atoms with Crippen LogP contribution in [-0.2, 0) is 11.3 Å². The van der Waals surface area contributed by atoms with Gasteiger partial charge in [0.15, 0.2) is 5.65 Å². The van der Waals surface area contributed by atoms with Crippen LogP contribution in [0.4, 0.5) is 0 Å². The van der Waals surface area contributed by atoms with Gasteiger partial charge in [-0.25, -0.2) is 9.50 Å². The number of nitrogens with one attached hydrogen (secondary N) is 2. The third kappa shape index (κ3) is 3.61. The van der Waals surface area contributed by atoms with Crippen molar-refractivity contribution in [3.8, 4) is 0 Å². The van der Waals surface area contributed by atoms with Crippen LogP contribution in [-0.4, -0.2) is 25.6 Å².